The second-order valence-corrected chi connectivity index (χ2v) is 4.50. The fourth-order valence-corrected chi connectivity index (χ4v) is 1.90. The van der Waals surface area contributed by atoms with Crippen LogP contribution in [-0.2, 0) is 13.1 Å². The Morgan fingerprint density at radius 3 is 3.04 bits per heavy atom. The maximum absolute atomic E-state index is 13.2. The summed E-state index contributed by atoms with van der Waals surface area (Å²) in [5, 5.41) is 29.5. The molecule has 11 heteroatoms. The second kappa shape index (κ2) is 6.17. The Morgan fingerprint density at radius 1 is 1.39 bits per heavy atom. The molecule has 2 aromatic heterocycles. The Bertz CT molecular complexity index is 831. The van der Waals surface area contributed by atoms with Crippen LogP contribution in [0.3, 0.4) is 0 Å². The van der Waals surface area contributed by atoms with Gasteiger partial charge in [-0.25, -0.2) is 18.5 Å². The highest BCUT2D eigenvalue weighted by Crippen LogP contribution is 2.11. The van der Waals surface area contributed by atoms with Gasteiger partial charge in [-0.1, -0.05) is 12.1 Å². The number of carboxylic acids is 1. The molecule has 0 amide bonds. The van der Waals surface area contributed by atoms with Crippen molar-refractivity contribution in [1.29, 1.82) is 0 Å². The minimum Gasteiger partial charge on any atom is -0.476 e. The Labute approximate surface area is 127 Å². The number of tetrazole rings is 1. The summed E-state index contributed by atoms with van der Waals surface area (Å²) >= 11 is 0. The number of nitrogens with zero attached hydrogens (tertiary/aromatic N) is 6. The second-order valence-electron chi connectivity index (χ2n) is 4.50. The summed E-state index contributed by atoms with van der Waals surface area (Å²) in [7, 11) is 0. The maximum atomic E-state index is 13.2. The molecule has 0 saturated carbocycles. The van der Waals surface area contributed by atoms with Crippen molar-refractivity contribution < 1.29 is 18.9 Å². The standard InChI is InChI=1S/C12H10FN7O3/c13-8-3-1-2-7(4-8)5-9-15-18-19-20(9)6-14-11-10(12(21)22)16-23-17-11/h1-4H,5-6H2,(H,14,17)(H,21,22). The first kappa shape index (κ1) is 14.6. The average molecular weight is 319 g/mol. The number of nitrogens with one attached hydrogen (secondary N) is 1. The number of halogens is 1. The molecule has 0 fully saturated rings. The number of hydrogen-bond acceptors (Lipinski definition) is 8. The molecule has 2 heterocycles. The molecule has 0 bridgehead atoms. The zero-order chi connectivity index (χ0) is 16.2. The highest BCUT2D eigenvalue weighted by atomic mass is 19.1. The van der Waals surface area contributed by atoms with E-state index in [2.05, 4.69) is 35.8 Å². The number of benzene rings is 1. The Kier molecular flexibility index (Phi) is 3.91. The van der Waals surface area contributed by atoms with Crippen LogP contribution in [0.15, 0.2) is 28.9 Å². The van der Waals surface area contributed by atoms with Crippen LogP contribution in [0.5, 0.6) is 0 Å². The zero-order valence-electron chi connectivity index (χ0n) is 11.5. The summed E-state index contributed by atoms with van der Waals surface area (Å²) in [6.07, 6.45) is 0.315. The lowest BCUT2D eigenvalue weighted by atomic mass is 10.1. The van der Waals surface area contributed by atoms with Gasteiger partial charge < -0.3 is 10.4 Å². The first-order chi connectivity index (χ1) is 11.1. The summed E-state index contributed by atoms with van der Waals surface area (Å²) < 4.78 is 19.0. The van der Waals surface area contributed by atoms with E-state index in [9.17, 15) is 9.18 Å². The van der Waals surface area contributed by atoms with Crippen LogP contribution in [0.1, 0.15) is 21.9 Å². The van der Waals surface area contributed by atoms with E-state index in [0.717, 1.165) is 0 Å². The third-order valence-electron chi connectivity index (χ3n) is 2.94. The monoisotopic (exact) mass is 319 g/mol. The van der Waals surface area contributed by atoms with Crippen LogP contribution in [0, 0.1) is 5.82 Å². The average Bonchev–Trinajstić information content (AvgIpc) is 3.14. The lowest BCUT2D eigenvalue weighted by Crippen LogP contribution is -2.15. The molecule has 0 aliphatic carbocycles. The quantitative estimate of drug-likeness (QED) is 0.668. The van der Waals surface area contributed by atoms with Crippen LogP contribution >= 0.6 is 0 Å². The van der Waals surface area contributed by atoms with Gasteiger partial charge in [0.15, 0.2) is 5.82 Å². The van der Waals surface area contributed by atoms with Gasteiger partial charge in [-0.15, -0.1) is 5.10 Å². The van der Waals surface area contributed by atoms with Gasteiger partial charge in [0.1, 0.15) is 12.5 Å². The Morgan fingerprint density at radius 2 is 2.26 bits per heavy atom. The highest BCUT2D eigenvalue weighted by molar-refractivity contribution is 5.90. The lowest BCUT2D eigenvalue weighted by Gasteiger charge is -2.05. The van der Waals surface area contributed by atoms with Gasteiger partial charge in [-0.3, -0.25) is 0 Å². The minimum atomic E-state index is -1.27. The van der Waals surface area contributed by atoms with Crippen LogP contribution in [0.4, 0.5) is 10.2 Å². The first-order valence-corrected chi connectivity index (χ1v) is 6.42. The molecule has 0 atom stereocenters. The fraction of sp³-hybridized carbons (Fsp3) is 0.167. The molecule has 0 spiro atoms. The SMILES string of the molecule is O=C(O)c1nonc1NCn1nnnc1Cc1cccc(F)c1. The molecule has 1 aromatic carbocycles. The third-order valence-corrected chi connectivity index (χ3v) is 2.94. The van der Waals surface area contributed by atoms with Crippen LogP contribution in [-0.4, -0.2) is 41.6 Å². The third kappa shape index (κ3) is 3.28. The van der Waals surface area contributed by atoms with Gasteiger partial charge in [0.25, 0.3) is 0 Å². The molecule has 0 aliphatic rings. The van der Waals surface area contributed by atoms with Gasteiger partial charge in [0.2, 0.25) is 11.5 Å². The predicted molar refractivity (Wildman–Crippen MR) is 71.9 cm³/mol. The predicted octanol–water partition coefficient (Wildman–Crippen LogP) is 0.554. The molecule has 118 valence electrons. The largest absolute Gasteiger partial charge is 0.476 e. The number of aromatic nitrogens is 6. The van der Waals surface area contributed by atoms with Gasteiger partial charge >= 0.3 is 5.97 Å². The van der Waals surface area contributed by atoms with Gasteiger partial charge in [0, 0.05) is 6.42 Å². The number of anilines is 1. The van der Waals surface area contributed by atoms with Crippen molar-refractivity contribution in [3.05, 3.63) is 47.2 Å². The Hall–Kier alpha value is -3.37. The van der Waals surface area contributed by atoms with E-state index in [0.29, 0.717) is 17.8 Å². The molecule has 0 radical (unpaired) electrons. The van der Waals surface area contributed by atoms with E-state index >= 15 is 0 Å². The van der Waals surface area contributed by atoms with Gasteiger partial charge in [-0.05, 0) is 38.4 Å². The van der Waals surface area contributed by atoms with E-state index in [-0.39, 0.29) is 24.0 Å². The zero-order valence-corrected chi connectivity index (χ0v) is 11.5. The number of hydrogen-bond donors (Lipinski definition) is 2. The topological polar surface area (TPSA) is 132 Å². The van der Waals surface area contributed by atoms with E-state index in [4.69, 9.17) is 5.11 Å². The van der Waals surface area contributed by atoms with E-state index in [1.54, 1.807) is 12.1 Å². The number of carboxylic acid groups (broad SMARTS) is 1. The number of rotatable bonds is 6. The summed E-state index contributed by atoms with van der Waals surface area (Å²) in [4.78, 5) is 10.9. The maximum Gasteiger partial charge on any atom is 0.362 e. The van der Waals surface area contributed by atoms with E-state index in [1.165, 1.54) is 16.8 Å². The normalized spacial score (nSPS) is 10.7. The highest BCUT2D eigenvalue weighted by Gasteiger charge is 2.17. The van der Waals surface area contributed by atoms with Crippen LogP contribution < -0.4 is 5.32 Å². The van der Waals surface area contributed by atoms with Gasteiger partial charge in [0.05, 0.1) is 0 Å². The molecular formula is C12H10FN7O3. The Balaban J connectivity index is 1.71. The van der Waals surface area contributed by atoms with Crippen molar-refractivity contribution in [3.63, 3.8) is 0 Å². The van der Waals surface area contributed by atoms with Crippen molar-refractivity contribution in [1.82, 2.24) is 30.5 Å². The minimum absolute atomic E-state index is 0.0373. The van der Waals surface area contributed by atoms with Crippen molar-refractivity contribution >= 4 is 11.8 Å². The number of aromatic carboxylic acids is 1. The summed E-state index contributed by atoms with van der Waals surface area (Å²) in [6.45, 7) is 0.0478. The molecule has 23 heavy (non-hydrogen) atoms. The smallest absolute Gasteiger partial charge is 0.362 e. The lowest BCUT2D eigenvalue weighted by molar-refractivity contribution is 0.0685. The van der Waals surface area contributed by atoms with Crippen molar-refractivity contribution in [2.24, 2.45) is 0 Å². The summed E-state index contributed by atoms with van der Waals surface area (Å²) in [6, 6.07) is 6.08. The van der Waals surface area contributed by atoms with Gasteiger partial charge in [-0.2, -0.15) is 0 Å². The van der Waals surface area contributed by atoms with Crippen LogP contribution in [0.2, 0.25) is 0 Å². The number of carbonyl (C=O) groups is 1. The van der Waals surface area contributed by atoms with E-state index in [1.807, 2.05) is 0 Å². The molecule has 0 aliphatic heterocycles. The van der Waals surface area contributed by atoms with Crippen molar-refractivity contribution in [2.45, 2.75) is 13.1 Å². The van der Waals surface area contributed by atoms with Crippen molar-refractivity contribution in [3.8, 4) is 0 Å². The molecule has 0 saturated heterocycles. The van der Waals surface area contributed by atoms with E-state index < -0.39 is 5.97 Å². The molecule has 3 rings (SSSR count). The fourth-order valence-electron chi connectivity index (χ4n) is 1.90. The van der Waals surface area contributed by atoms with Crippen molar-refractivity contribution in [2.75, 3.05) is 5.32 Å². The molecule has 2 N–H and O–H groups in total. The van der Waals surface area contributed by atoms with Crippen LogP contribution in [0.25, 0.3) is 0 Å². The molecule has 10 nitrogen and oxygen atoms in total. The molecule has 0 unspecified atom stereocenters. The summed E-state index contributed by atoms with van der Waals surface area (Å²) in [5.41, 5.74) is 0.361. The first-order valence-electron chi connectivity index (χ1n) is 6.42. The molecular weight excluding hydrogens is 309 g/mol. The molecule has 3 aromatic rings. The summed E-state index contributed by atoms with van der Waals surface area (Å²) in [5.74, 6) is -1.19.